The summed E-state index contributed by atoms with van der Waals surface area (Å²) in [5.74, 6) is 0. The molecule has 17 heavy (non-hydrogen) atoms. The number of aliphatic imine (C=N–C) groups is 1. The van der Waals surface area contributed by atoms with Gasteiger partial charge in [0.1, 0.15) is 5.69 Å². The third-order valence-corrected chi connectivity index (χ3v) is 3.02. The maximum absolute atomic E-state index is 5.85. The van der Waals surface area contributed by atoms with Crippen LogP contribution in [0.5, 0.6) is 0 Å². The molecule has 3 nitrogen and oxygen atoms in total. The van der Waals surface area contributed by atoms with Crippen molar-refractivity contribution >= 4 is 45.1 Å². The number of halogens is 2. The van der Waals surface area contributed by atoms with Gasteiger partial charge in [0.15, 0.2) is 0 Å². The Hall–Kier alpha value is -1.39. The lowest BCUT2D eigenvalue weighted by Gasteiger charge is -2.00. The fourth-order valence-corrected chi connectivity index (χ4v) is 1.68. The molecular weight excluding hydrogens is 302 g/mol. The first-order valence-electron chi connectivity index (χ1n) is 4.85. The van der Waals surface area contributed by atoms with Gasteiger partial charge >= 0.3 is 0 Å². The minimum Gasteiger partial charge on any atom is -0.396 e. The van der Waals surface area contributed by atoms with Crippen molar-refractivity contribution in [3.8, 4) is 0 Å². The maximum atomic E-state index is 5.85. The molecule has 0 aliphatic carbocycles. The fraction of sp³-hybridized carbons (Fsp3) is 0. The van der Waals surface area contributed by atoms with Gasteiger partial charge in [-0.25, -0.2) is 0 Å². The van der Waals surface area contributed by atoms with E-state index in [2.05, 4.69) is 25.9 Å². The van der Waals surface area contributed by atoms with Crippen LogP contribution in [0.1, 0.15) is 5.56 Å². The minimum atomic E-state index is 0.574. The van der Waals surface area contributed by atoms with Crippen LogP contribution in [0.4, 0.5) is 11.4 Å². The molecule has 0 saturated carbocycles. The van der Waals surface area contributed by atoms with E-state index in [-0.39, 0.29) is 0 Å². The van der Waals surface area contributed by atoms with Crippen molar-refractivity contribution in [3.63, 3.8) is 0 Å². The number of anilines is 1. The Kier molecular flexibility index (Phi) is 3.76. The van der Waals surface area contributed by atoms with Crippen molar-refractivity contribution in [1.29, 1.82) is 0 Å². The summed E-state index contributed by atoms with van der Waals surface area (Å²) < 4.78 is 0.739. The Bertz CT molecular complexity index is 552. The molecular formula is C12H9BrClN3. The number of rotatable bonds is 2. The zero-order chi connectivity index (χ0) is 12.3. The number of pyridine rings is 1. The van der Waals surface area contributed by atoms with Crippen LogP contribution in [0.3, 0.4) is 0 Å². The highest BCUT2D eigenvalue weighted by atomic mass is 79.9. The van der Waals surface area contributed by atoms with Gasteiger partial charge in [-0.3, -0.25) is 9.98 Å². The molecule has 0 atom stereocenters. The Labute approximate surface area is 112 Å². The van der Waals surface area contributed by atoms with Crippen LogP contribution in [0.15, 0.2) is 46.1 Å². The molecule has 0 radical (unpaired) electrons. The van der Waals surface area contributed by atoms with E-state index in [1.807, 2.05) is 24.3 Å². The molecule has 0 aliphatic rings. The summed E-state index contributed by atoms with van der Waals surface area (Å²) in [7, 11) is 0. The van der Waals surface area contributed by atoms with Crippen LogP contribution in [0.25, 0.3) is 0 Å². The van der Waals surface area contributed by atoms with Crippen molar-refractivity contribution in [2.45, 2.75) is 0 Å². The molecule has 2 N–H and O–H groups in total. The molecule has 1 aromatic heterocycles. The number of hydrogen-bond acceptors (Lipinski definition) is 3. The standard InChI is InChI=1S/C12H9BrClN3/c13-10-6-16-7-11(12(10)15)17-5-8-1-3-9(14)4-2-8/h1-7H,(H2,15,16). The quantitative estimate of drug-likeness (QED) is 0.857. The summed E-state index contributed by atoms with van der Waals surface area (Å²) >= 11 is 9.10. The molecule has 0 spiro atoms. The van der Waals surface area contributed by atoms with Gasteiger partial charge < -0.3 is 5.73 Å². The van der Waals surface area contributed by atoms with Crippen LogP contribution in [0.2, 0.25) is 5.02 Å². The van der Waals surface area contributed by atoms with Crippen molar-refractivity contribution in [1.82, 2.24) is 4.98 Å². The Morgan fingerprint density at radius 3 is 2.65 bits per heavy atom. The lowest BCUT2D eigenvalue weighted by Crippen LogP contribution is -1.89. The average molecular weight is 311 g/mol. The van der Waals surface area contributed by atoms with E-state index in [0.717, 1.165) is 10.0 Å². The first kappa shape index (κ1) is 12.1. The number of nitrogens with zero attached hydrogens (tertiary/aromatic N) is 2. The molecule has 2 rings (SSSR count). The highest BCUT2D eigenvalue weighted by Gasteiger charge is 2.00. The molecule has 1 aromatic carbocycles. The fourth-order valence-electron chi connectivity index (χ4n) is 1.23. The zero-order valence-electron chi connectivity index (χ0n) is 8.77. The average Bonchev–Trinajstić information content (AvgIpc) is 2.33. The first-order valence-corrected chi connectivity index (χ1v) is 6.02. The lowest BCUT2D eigenvalue weighted by atomic mass is 10.2. The van der Waals surface area contributed by atoms with Crippen LogP contribution in [-0.2, 0) is 0 Å². The Morgan fingerprint density at radius 1 is 1.24 bits per heavy atom. The second-order valence-corrected chi connectivity index (χ2v) is 4.65. The number of nitrogen functional groups attached to an aromatic ring is 1. The molecule has 5 heteroatoms. The van der Waals surface area contributed by atoms with Crippen molar-refractivity contribution < 1.29 is 0 Å². The largest absolute Gasteiger partial charge is 0.396 e. The topological polar surface area (TPSA) is 51.3 Å². The van der Waals surface area contributed by atoms with E-state index >= 15 is 0 Å². The van der Waals surface area contributed by atoms with Crippen LogP contribution in [-0.4, -0.2) is 11.2 Å². The van der Waals surface area contributed by atoms with E-state index in [1.165, 1.54) is 0 Å². The molecule has 0 amide bonds. The van der Waals surface area contributed by atoms with Gasteiger partial charge in [0, 0.05) is 17.4 Å². The predicted molar refractivity (Wildman–Crippen MR) is 75.1 cm³/mol. The van der Waals surface area contributed by atoms with E-state index in [9.17, 15) is 0 Å². The maximum Gasteiger partial charge on any atom is 0.105 e. The molecule has 2 aromatic rings. The predicted octanol–water partition coefficient (Wildman–Crippen LogP) is 3.83. The molecule has 0 bridgehead atoms. The monoisotopic (exact) mass is 309 g/mol. The minimum absolute atomic E-state index is 0.574. The molecule has 0 fully saturated rings. The number of nitrogens with two attached hydrogens (primary N) is 1. The van der Waals surface area contributed by atoms with Gasteiger partial charge in [0.2, 0.25) is 0 Å². The second kappa shape index (κ2) is 5.29. The molecule has 0 saturated heterocycles. The van der Waals surface area contributed by atoms with E-state index in [0.29, 0.717) is 16.4 Å². The number of hydrogen-bond donors (Lipinski definition) is 1. The number of aromatic nitrogens is 1. The third kappa shape index (κ3) is 3.05. The van der Waals surface area contributed by atoms with Gasteiger partial charge in [-0.1, -0.05) is 23.7 Å². The lowest BCUT2D eigenvalue weighted by molar-refractivity contribution is 1.29. The summed E-state index contributed by atoms with van der Waals surface area (Å²) in [5.41, 5.74) is 8.01. The third-order valence-electron chi connectivity index (χ3n) is 2.14. The molecule has 1 heterocycles. The zero-order valence-corrected chi connectivity index (χ0v) is 11.1. The van der Waals surface area contributed by atoms with Crippen molar-refractivity contribution in [2.75, 3.05) is 5.73 Å². The Morgan fingerprint density at radius 2 is 1.94 bits per heavy atom. The Balaban J connectivity index is 2.26. The van der Waals surface area contributed by atoms with Gasteiger partial charge in [-0.2, -0.15) is 0 Å². The number of benzene rings is 1. The van der Waals surface area contributed by atoms with Gasteiger partial charge in [0.05, 0.1) is 16.4 Å². The molecule has 0 unspecified atom stereocenters. The van der Waals surface area contributed by atoms with Crippen LogP contribution < -0.4 is 5.73 Å². The van der Waals surface area contributed by atoms with Crippen LogP contribution in [0, 0.1) is 0 Å². The summed E-state index contributed by atoms with van der Waals surface area (Å²) in [5, 5.41) is 0.700. The molecule has 86 valence electrons. The van der Waals surface area contributed by atoms with Crippen LogP contribution >= 0.6 is 27.5 Å². The van der Waals surface area contributed by atoms with Gasteiger partial charge in [-0.15, -0.1) is 0 Å². The van der Waals surface area contributed by atoms with Gasteiger partial charge in [0.25, 0.3) is 0 Å². The summed E-state index contributed by atoms with van der Waals surface area (Å²) in [6.07, 6.45) is 4.97. The first-order chi connectivity index (χ1) is 8.16. The van der Waals surface area contributed by atoms with Crippen molar-refractivity contribution in [3.05, 3.63) is 51.7 Å². The molecule has 0 aliphatic heterocycles. The SMILES string of the molecule is Nc1c(Br)cncc1N=Cc1ccc(Cl)cc1. The summed E-state index contributed by atoms with van der Waals surface area (Å²) in [6, 6.07) is 7.39. The second-order valence-electron chi connectivity index (χ2n) is 3.36. The van der Waals surface area contributed by atoms with E-state index in [4.69, 9.17) is 17.3 Å². The highest BCUT2D eigenvalue weighted by molar-refractivity contribution is 9.10. The summed E-state index contributed by atoms with van der Waals surface area (Å²) in [6.45, 7) is 0. The highest BCUT2D eigenvalue weighted by Crippen LogP contribution is 2.27. The van der Waals surface area contributed by atoms with E-state index < -0.39 is 0 Å². The normalized spacial score (nSPS) is 10.9. The van der Waals surface area contributed by atoms with E-state index in [1.54, 1.807) is 18.6 Å². The summed E-state index contributed by atoms with van der Waals surface area (Å²) in [4.78, 5) is 8.29. The van der Waals surface area contributed by atoms with Crippen molar-refractivity contribution in [2.24, 2.45) is 4.99 Å². The smallest absolute Gasteiger partial charge is 0.105 e. The van der Waals surface area contributed by atoms with Gasteiger partial charge in [-0.05, 0) is 33.6 Å².